The summed E-state index contributed by atoms with van der Waals surface area (Å²) in [6.07, 6.45) is 1.29. The van der Waals surface area contributed by atoms with E-state index in [0.717, 1.165) is 44.0 Å². The van der Waals surface area contributed by atoms with Crippen LogP contribution < -0.4 is 15.5 Å². The van der Waals surface area contributed by atoms with E-state index in [1.807, 2.05) is 31.2 Å². The smallest absolute Gasteiger partial charge is 0.360 e. The van der Waals surface area contributed by atoms with Crippen molar-refractivity contribution in [1.82, 2.24) is 10.6 Å². The van der Waals surface area contributed by atoms with Crippen LogP contribution in [0.2, 0.25) is 0 Å². The number of carboxylic acid groups (broad SMARTS) is 1. The highest BCUT2D eigenvalue weighted by molar-refractivity contribution is 6.34. The van der Waals surface area contributed by atoms with Gasteiger partial charge in [0.2, 0.25) is 0 Å². The maximum atomic E-state index is 11.3. The van der Waals surface area contributed by atoms with E-state index < -0.39 is 12.2 Å². The van der Waals surface area contributed by atoms with Crippen molar-refractivity contribution in [3.8, 4) is 0 Å². The Bertz CT molecular complexity index is 907. The average Bonchev–Trinajstić information content (AvgIpc) is 3.24. The Labute approximate surface area is 192 Å². The molecule has 3 N–H and O–H groups in total. The number of hydrogen-bond donors (Lipinski definition) is 3. The van der Waals surface area contributed by atoms with Crippen LogP contribution in [0.1, 0.15) is 18.9 Å². The molecule has 1 unspecified atom stereocenters. The lowest BCUT2D eigenvalue weighted by molar-refractivity contribution is -0.147. The molecule has 0 amide bonds. The van der Waals surface area contributed by atoms with Crippen molar-refractivity contribution in [3.63, 3.8) is 0 Å². The van der Waals surface area contributed by atoms with Gasteiger partial charge in [0.25, 0.3) is 12.2 Å². The number of aliphatic carboxylic acids is 1. The standard InChI is InChI=1S/C22H28ClN5O4/c1-3-8-25-20(21(29)30)32-22-26-14-16(27-22)13-18(23)19(24-2)15-4-6-17(7-5-15)28-9-11-31-12-10-28/h4-7,13,20,25H,2-3,8-12,14H2,1H3,(H,26,27)(H,29,30)/b16-13+,19-18+. The first-order valence-corrected chi connectivity index (χ1v) is 10.8. The van der Waals surface area contributed by atoms with Crippen LogP contribution in [0.4, 0.5) is 5.69 Å². The average molecular weight is 462 g/mol. The fourth-order valence-electron chi connectivity index (χ4n) is 3.27. The Hall–Kier alpha value is -2.88. The molecule has 1 atom stereocenters. The van der Waals surface area contributed by atoms with E-state index in [1.54, 1.807) is 6.08 Å². The van der Waals surface area contributed by atoms with Crippen molar-refractivity contribution >= 4 is 41.7 Å². The van der Waals surface area contributed by atoms with E-state index in [4.69, 9.17) is 21.1 Å². The summed E-state index contributed by atoms with van der Waals surface area (Å²) >= 11 is 6.53. The van der Waals surface area contributed by atoms with Gasteiger partial charge in [-0.15, -0.1) is 0 Å². The topological polar surface area (TPSA) is 108 Å². The molecule has 2 aliphatic rings. The molecule has 3 rings (SSSR count). The maximum absolute atomic E-state index is 11.3. The quantitative estimate of drug-likeness (QED) is 0.383. The molecule has 2 aliphatic heterocycles. The number of carbonyl (C=O) groups is 1. The first-order valence-electron chi connectivity index (χ1n) is 10.5. The highest BCUT2D eigenvalue weighted by Crippen LogP contribution is 2.27. The number of rotatable bonds is 9. The van der Waals surface area contributed by atoms with Gasteiger partial charge in [-0.3, -0.25) is 10.3 Å². The second-order valence-corrected chi connectivity index (χ2v) is 7.61. The van der Waals surface area contributed by atoms with Gasteiger partial charge in [-0.1, -0.05) is 30.7 Å². The second-order valence-electron chi connectivity index (χ2n) is 7.21. The SMILES string of the molecule is C=N/C(=C(Cl)\C=C1/CN=C(OC(NCCC)C(=O)O)N1)c1ccc(N2CCOCC2)cc1. The molecule has 10 heteroatoms. The summed E-state index contributed by atoms with van der Waals surface area (Å²) < 4.78 is 10.8. The molecule has 0 bridgehead atoms. The molecule has 1 fully saturated rings. The summed E-state index contributed by atoms with van der Waals surface area (Å²) in [6.45, 7) is 9.56. The Morgan fingerprint density at radius 2 is 2.16 bits per heavy atom. The molecular formula is C22H28ClN5O4. The zero-order valence-electron chi connectivity index (χ0n) is 18.0. The minimum Gasteiger partial charge on any atom is -0.477 e. The van der Waals surface area contributed by atoms with Crippen LogP contribution >= 0.6 is 11.6 Å². The molecule has 172 valence electrons. The Balaban J connectivity index is 1.67. The molecule has 0 aromatic heterocycles. The van der Waals surface area contributed by atoms with E-state index >= 15 is 0 Å². The van der Waals surface area contributed by atoms with Crippen LogP contribution in [0.25, 0.3) is 5.70 Å². The van der Waals surface area contributed by atoms with Gasteiger partial charge in [-0.05, 0) is 37.9 Å². The van der Waals surface area contributed by atoms with Gasteiger partial charge >= 0.3 is 5.97 Å². The number of ether oxygens (including phenoxy) is 2. The molecule has 0 radical (unpaired) electrons. The normalized spacial score (nSPS) is 19.1. The summed E-state index contributed by atoms with van der Waals surface area (Å²) in [5.74, 6) is -1.11. The van der Waals surface area contributed by atoms with Gasteiger partial charge in [0.1, 0.15) is 0 Å². The van der Waals surface area contributed by atoms with Crippen LogP contribution in [0.15, 0.2) is 51.1 Å². The van der Waals surface area contributed by atoms with Crippen LogP contribution in [-0.2, 0) is 14.3 Å². The lowest BCUT2D eigenvalue weighted by Gasteiger charge is -2.28. The summed E-state index contributed by atoms with van der Waals surface area (Å²) in [6, 6.07) is 8.10. The first kappa shape index (κ1) is 23.8. The molecule has 32 heavy (non-hydrogen) atoms. The number of nitrogens with zero attached hydrogens (tertiary/aromatic N) is 3. The molecule has 1 aromatic carbocycles. The fourth-order valence-corrected chi connectivity index (χ4v) is 3.57. The van der Waals surface area contributed by atoms with Crippen LogP contribution in [0.3, 0.4) is 0 Å². The summed E-state index contributed by atoms with van der Waals surface area (Å²) in [7, 11) is 0. The number of halogens is 1. The van der Waals surface area contributed by atoms with E-state index in [2.05, 4.69) is 32.2 Å². The molecule has 1 saturated heterocycles. The zero-order chi connectivity index (χ0) is 22.9. The third kappa shape index (κ3) is 6.32. The van der Waals surface area contributed by atoms with Crippen LogP contribution in [-0.4, -0.2) is 69.4 Å². The van der Waals surface area contributed by atoms with Crippen molar-refractivity contribution in [1.29, 1.82) is 0 Å². The Morgan fingerprint density at radius 3 is 2.78 bits per heavy atom. The summed E-state index contributed by atoms with van der Waals surface area (Å²) in [5, 5.41) is 15.4. The molecule has 2 heterocycles. The summed E-state index contributed by atoms with van der Waals surface area (Å²) in [5.41, 5.74) is 3.16. The van der Waals surface area contributed by atoms with Gasteiger partial charge in [-0.2, -0.15) is 0 Å². The number of allylic oxidation sites excluding steroid dienone is 2. The minimum absolute atomic E-state index is 0.125. The number of anilines is 1. The first-order chi connectivity index (χ1) is 15.5. The fraction of sp³-hybridized carbons (Fsp3) is 0.409. The van der Waals surface area contributed by atoms with Crippen LogP contribution in [0.5, 0.6) is 0 Å². The maximum Gasteiger partial charge on any atom is 0.360 e. The van der Waals surface area contributed by atoms with Crippen molar-refractivity contribution in [2.75, 3.05) is 44.3 Å². The van der Waals surface area contributed by atoms with E-state index in [9.17, 15) is 9.90 Å². The van der Waals surface area contributed by atoms with Crippen LogP contribution in [0, 0.1) is 0 Å². The highest BCUT2D eigenvalue weighted by atomic mass is 35.5. The Kier molecular flexibility index (Phi) is 8.66. The minimum atomic E-state index is -1.18. The van der Waals surface area contributed by atoms with Gasteiger partial charge < -0.3 is 24.8 Å². The highest BCUT2D eigenvalue weighted by Gasteiger charge is 2.23. The lowest BCUT2D eigenvalue weighted by atomic mass is 10.1. The molecular weight excluding hydrogens is 434 g/mol. The van der Waals surface area contributed by atoms with Crippen molar-refractivity contribution in [2.45, 2.75) is 19.6 Å². The number of hydrogen-bond acceptors (Lipinski definition) is 8. The number of morpholine rings is 1. The number of nitrogens with one attached hydrogen (secondary N) is 2. The molecule has 0 saturated carbocycles. The van der Waals surface area contributed by atoms with Gasteiger partial charge in [-0.25, -0.2) is 9.79 Å². The number of carboxylic acids is 1. The monoisotopic (exact) mass is 461 g/mol. The second kappa shape index (κ2) is 11.7. The Morgan fingerprint density at radius 1 is 1.44 bits per heavy atom. The third-order valence-corrected chi connectivity index (χ3v) is 5.18. The molecule has 9 nitrogen and oxygen atoms in total. The van der Waals surface area contributed by atoms with Crippen molar-refractivity contribution < 1.29 is 19.4 Å². The van der Waals surface area contributed by atoms with Gasteiger partial charge in [0.05, 0.1) is 30.5 Å². The van der Waals surface area contributed by atoms with Crippen molar-refractivity contribution in [3.05, 3.63) is 46.6 Å². The van der Waals surface area contributed by atoms with Crippen molar-refractivity contribution in [2.24, 2.45) is 9.98 Å². The van der Waals surface area contributed by atoms with E-state index in [0.29, 0.717) is 23.0 Å². The third-order valence-electron chi connectivity index (χ3n) is 4.90. The number of benzene rings is 1. The molecule has 0 aliphatic carbocycles. The number of amidine groups is 1. The van der Waals surface area contributed by atoms with Gasteiger partial charge in [0, 0.05) is 30.0 Å². The number of aliphatic imine (C=N–C) groups is 2. The predicted molar refractivity (Wildman–Crippen MR) is 126 cm³/mol. The lowest BCUT2D eigenvalue weighted by Crippen LogP contribution is -2.42. The van der Waals surface area contributed by atoms with E-state index in [-0.39, 0.29) is 12.6 Å². The zero-order valence-corrected chi connectivity index (χ0v) is 18.8. The largest absolute Gasteiger partial charge is 0.477 e. The predicted octanol–water partition coefficient (Wildman–Crippen LogP) is 2.40. The molecule has 1 aromatic rings. The molecule has 0 spiro atoms. The van der Waals surface area contributed by atoms with Gasteiger partial charge in [0.15, 0.2) is 0 Å². The van der Waals surface area contributed by atoms with E-state index in [1.165, 1.54) is 0 Å². The summed E-state index contributed by atoms with van der Waals surface area (Å²) in [4.78, 5) is 21.9.